The number of halogens is 1. The summed E-state index contributed by atoms with van der Waals surface area (Å²) in [6.07, 6.45) is 3.82. The molecule has 0 aromatic heterocycles. The predicted octanol–water partition coefficient (Wildman–Crippen LogP) is 2.42. The Balaban J connectivity index is 2.72. The SMILES string of the molecule is N=C1C=C(I)C(S)CC1. The molecule has 1 atom stereocenters. The molecule has 1 aliphatic rings. The smallest absolute Gasteiger partial charge is 0.0329 e. The molecule has 0 bridgehead atoms. The molecule has 0 saturated carbocycles. The lowest BCUT2D eigenvalue weighted by Gasteiger charge is -2.14. The molecular formula is C6H8INS. The second-order valence-corrected chi connectivity index (χ2v) is 3.98. The third kappa shape index (κ3) is 1.97. The van der Waals surface area contributed by atoms with Gasteiger partial charge in [-0.25, -0.2) is 0 Å². The van der Waals surface area contributed by atoms with E-state index >= 15 is 0 Å². The molecule has 0 aliphatic heterocycles. The lowest BCUT2D eigenvalue weighted by Crippen LogP contribution is -2.09. The van der Waals surface area contributed by atoms with E-state index in [0.717, 1.165) is 18.6 Å². The number of rotatable bonds is 0. The van der Waals surface area contributed by atoms with Crippen LogP contribution in [0.2, 0.25) is 0 Å². The largest absolute Gasteiger partial charge is 0.305 e. The van der Waals surface area contributed by atoms with Crippen LogP contribution in [-0.4, -0.2) is 11.0 Å². The lowest BCUT2D eigenvalue weighted by atomic mass is 10.1. The van der Waals surface area contributed by atoms with E-state index in [-0.39, 0.29) is 0 Å². The topological polar surface area (TPSA) is 23.9 Å². The van der Waals surface area contributed by atoms with Gasteiger partial charge < -0.3 is 5.41 Å². The fourth-order valence-corrected chi connectivity index (χ4v) is 1.66. The molecule has 1 unspecified atom stereocenters. The number of hydrogen-bond acceptors (Lipinski definition) is 2. The molecule has 1 nitrogen and oxygen atoms in total. The summed E-state index contributed by atoms with van der Waals surface area (Å²) in [6, 6.07) is 0. The van der Waals surface area contributed by atoms with E-state index in [9.17, 15) is 0 Å². The minimum Gasteiger partial charge on any atom is -0.305 e. The van der Waals surface area contributed by atoms with Gasteiger partial charge >= 0.3 is 0 Å². The van der Waals surface area contributed by atoms with E-state index in [1.807, 2.05) is 6.08 Å². The van der Waals surface area contributed by atoms with Crippen LogP contribution in [0.5, 0.6) is 0 Å². The van der Waals surface area contributed by atoms with Crippen LogP contribution in [0, 0.1) is 5.41 Å². The van der Waals surface area contributed by atoms with Gasteiger partial charge in [-0.1, -0.05) is 0 Å². The Morgan fingerprint density at radius 2 is 2.44 bits per heavy atom. The highest BCUT2D eigenvalue weighted by Gasteiger charge is 2.12. The van der Waals surface area contributed by atoms with E-state index in [2.05, 4.69) is 35.2 Å². The van der Waals surface area contributed by atoms with E-state index in [1.54, 1.807) is 0 Å². The zero-order valence-corrected chi connectivity index (χ0v) is 7.95. The van der Waals surface area contributed by atoms with Gasteiger partial charge in [-0.3, -0.25) is 0 Å². The maximum absolute atomic E-state index is 7.29. The Bertz CT molecular complexity index is 164. The van der Waals surface area contributed by atoms with Crippen molar-refractivity contribution >= 4 is 40.9 Å². The molecule has 50 valence electrons. The fourth-order valence-electron chi connectivity index (χ4n) is 0.765. The maximum atomic E-state index is 7.29. The van der Waals surface area contributed by atoms with Gasteiger partial charge in [0.1, 0.15) is 0 Å². The average Bonchev–Trinajstić information content (AvgIpc) is 1.80. The van der Waals surface area contributed by atoms with Crippen molar-refractivity contribution in [3.05, 3.63) is 9.66 Å². The Hall–Kier alpha value is 0.490. The van der Waals surface area contributed by atoms with Crippen molar-refractivity contribution in [3.8, 4) is 0 Å². The van der Waals surface area contributed by atoms with Gasteiger partial charge in [-0.15, -0.1) is 0 Å². The Kier molecular flexibility index (Phi) is 2.58. The molecule has 0 saturated heterocycles. The van der Waals surface area contributed by atoms with Crippen LogP contribution in [0.15, 0.2) is 9.66 Å². The predicted molar refractivity (Wildman–Crippen MR) is 51.8 cm³/mol. The zero-order valence-electron chi connectivity index (χ0n) is 4.89. The van der Waals surface area contributed by atoms with Crippen molar-refractivity contribution in [3.63, 3.8) is 0 Å². The van der Waals surface area contributed by atoms with Crippen LogP contribution in [0.3, 0.4) is 0 Å². The van der Waals surface area contributed by atoms with Crippen LogP contribution in [0.25, 0.3) is 0 Å². The highest BCUT2D eigenvalue weighted by atomic mass is 127. The highest BCUT2D eigenvalue weighted by molar-refractivity contribution is 14.1. The highest BCUT2D eigenvalue weighted by Crippen LogP contribution is 2.25. The number of thiol groups is 1. The van der Waals surface area contributed by atoms with Crippen LogP contribution >= 0.6 is 35.2 Å². The molecular weight excluding hydrogens is 245 g/mol. The summed E-state index contributed by atoms with van der Waals surface area (Å²) in [5, 5.41) is 7.68. The lowest BCUT2D eigenvalue weighted by molar-refractivity contribution is 0.892. The summed E-state index contributed by atoms with van der Waals surface area (Å²) < 4.78 is 1.20. The first kappa shape index (κ1) is 7.60. The second kappa shape index (κ2) is 3.05. The van der Waals surface area contributed by atoms with Crippen LogP contribution in [0.4, 0.5) is 0 Å². The summed E-state index contributed by atoms with van der Waals surface area (Å²) in [7, 11) is 0. The van der Waals surface area contributed by atoms with Crippen LogP contribution < -0.4 is 0 Å². The minimum absolute atomic E-state index is 0.389. The summed E-state index contributed by atoms with van der Waals surface area (Å²) in [5.74, 6) is 0. The van der Waals surface area contributed by atoms with Gasteiger partial charge in [0.25, 0.3) is 0 Å². The average molecular weight is 253 g/mol. The van der Waals surface area contributed by atoms with Gasteiger partial charge in [0.15, 0.2) is 0 Å². The molecule has 0 aromatic carbocycles. The Morgan fingerprint density at radius 3 is 2.89 bits per heavy atom. The molecule has 1 aliphatic carbocycles. The molecule has 0 spiro atoms. The number of allylic oxidation sites excluding steroid dienone is 1. The minimum atomic E-state index is 0.389. The molecule has 0 aromatic rings. The normalized spacial score (nSPS) is 28.0. The van der Waals surface area contributed by atoms with Crippen LogP contribution in [0.1, 0.15) is 12.8 Å². The fraction of sp³-hybridized carbons (Fsp3) is 0.500. The van der Waals surface area contributed by atoms with Gasteiger partial charge in [-0.2, -0.15) is 12.6 Å². The molecule has 0 heterocycles. The van der Waals surface area contributed by atoms with E-state index in [1.165, 1.54) is 3.58 Å². The maximum Gasteiger partial charge on any atom is 0.0329 e. The zero-order chi connectivity index (χ0) is 6.85. The second-order valence-electron chi connectivity index (χ2n) is 2.11. The first-order valence-electron chi connectivity index (χ1n) is 2.83. The quantitative estimate of drug-likeness (QED) is 0.489. The third-order valence-electron chi connectivity index (χ3n) is 1.32. The van der Waals surface area contributed by atoms with Crippen molar-refractivity contribution in [1.29, 1.82) is 5.41 Å². The van der Waals surface area contributed by atoms with Gasteiger partial charge in [-0.05, 0) is 41.5 Å². The summed E-state index contributed by atoms with van der Waals surface area (Å²) >= 11 is 6.57. The van der Waals surface area contributed by atoms with Gasteiger partial charge in [0.2, 0.25) is 0 Å². The van der Waals surface area contributed by atoms with Gasteiger partial charge in [0.05, 0.1) is 0 Å². The van der Waals surface area contributed by atoms with Crippen molar-refractivity contribution < 1.29 is 0 Å². The first-order chi connectivity index (χ1) is 4.20. The third-order valence-corrected chi connectivity index (χ3v) is 3.41. The standard InChI is InChI=1S/C6H8INS/c7-5-3-4(8)1-2-6(5)9/h3,6,8-9H,1-2H2. The summed E-state index contributed by atoms with van der Waals surface area (Å²) in [6.45, 7) is 0. The molecule has 0 radical (unpaired) electrons. The molecule has 9 heavy (non-hydrogen) atoms. The molecule has 1 N–H and O–H groups in total. The Labute approximate surface area is 74.0 Å². The molecule has 3 heteroatoms. The van der Waals surface area contributed by atoms with E-state index in [4.69, 9.17) is 5.41 Å². The van der Waals surface area contributed by atoms with Crippen LogP contribution in [-0.2, 0) is 0 Å². The van der Waals surface area contributed by atoms with Crippen molar-refractivity contribution in [2.45, 2.75) is 18.1 Å². The van der Waals surface area contributed by atoms with Gasteiger partial charge in [0, 0.05) is 14.5 Å². The number of nitrogens with one attached hydrogen (secondary N) is 1. The molecule has 0 fully saturated rings. The van der Waals surface area contributed by atoms with Crippen molar-refractivity contribution in [2.24, 2.45) is 0 Å². The monoisotopic (exact) mass is 253 g/mol. The van der Waals surface area contributed by atoms with E-state index in [0.29, 0.717) is 5.25 Å². The number of hydrogen-bond donors (Lipinski definition) is 2. The molecule has 1 rings (SSSR count). The van der Waals surface area contributed by atoms with Crippen molar-refractivity contribution in [2.75, 3.05) is 0 Å². The van der Waals surface area contributed by atoms with E-state index < -0.39 is 0 Å². The Morgan fingerprint density at radius 1 is 1.78 bits per heavy atom. The van der Waals surface area contributed by atoms with Crippen molar-refractivity contribution in [1.82, 2.24) is 0 Å². The summed E-state index contributed by atoms with van der Waals surface area (Å²) in [5.41, 5.74) is 0.740. The first-order valence-corrected chi connectivity index (χ1v) is 4.42. The summed E-state index contributed by atoms with van der Waals surface area (Å²) in [4.78, 5) is 0. The molecule has 0 amide bonds.